The first-order chi connectivity index (χ1) is 17.8. The van der Waals surface area contributed by atoms with Crippen LogP contribution in [-0.2, 0) is 10.1 Å². The number of ether oxygens (including phenoxy) is 1. The summed E-state index contributed by atoms with van der Waals surface area (Å²) in [4.78, 5) is 5.53. The minimum Gasteiger partial charge on any atom is -0.748 e. The molecule has 8 heteroatoms. The molecular formula is C29H30N2O4S2. The van der Waals surface area contributed by atoms with Gasteiger partial charge in [-0.2, -0.15) is 0 Å². The Hall–Kier alpha value is -3.20. The van der Waals surface area contributed by atoms with Crippen LogP contribution in [0.5, 0.6) is 5.75 Å². The predicted molar refractivity (Wildman–Crippen MR) is 151 cm³/mol. The molecule has 1 unspecified atom stereocenters. The molecule has 2 heterocycles. The number of allylic oxidation sites excluding steroid dienone is 2. The summed E-state index contributed by atoms with van der Waals surface area (Å²) >= 11 is 1.66. The van der Waals surface area contributed by atoms with Gasteiger partial charge in [0.25, 0.3) is 12.0 Å². The van der Waals surface area contributed by atoms with Crippen LogP contribution in [0.25, 0.3) is 11.1 Å². The van der Waals surface area contributed by atoms with E-state index >= 15 is 0 Å². The van der Waals surface area contributed by atoms with Crippen LogP contribution in [0.4, 0.5) is 11.4 Å². The van der Waals surface area contributed by atoms with Crippen LogP contribution in [0, 0.1) is 0 Å². The summed E-state index contributed by atoms with van der Waals surface area (Å²) in [7, 11) is -4.24. The Kier molecular flexibility index (Phi) is 7.33. The van der Waals surface area contributed by atoms with Crippen molar-refractivity contribution < 1.29 is 17.7 Å². The highest BCUT2D eigenvalue weighted by atomic mass is 32.2. The number of rotatable bonds is 8. The third kappa shape index (κ3) is 5.71. The summed E-state index contributed by atoms with van der Waals surface area (Å²) < 4.78 is 38.4. The van der Waals surface area contributed by atoms with E-state index in [-0.39, 0.29) is 18.4 Å². The van der Waals surface area contributed by atoms with E-state index in [9.17, 15) is 13.0 Å². The number of likely N-dealkylation sites (N-methyl/N-ethyl adjacent to an activating group) is 1. The largest absolute Gasteiger partial charge is 0.748 e. The first-order valence-electron chi connectivity index (χ1n) is 12.4. The van der Waals surface area contributed by atoms with Crippen molar-refractivity contribution in [1.29, 1.82) is 0 Å². The molecule has 3 aromatic rings. The van der Waals surface area contributed by atoms with Gasteiger partial charge in [0.15, 0.2) is 0 Å². The van der Waals surface area contributed by atoms with Gasteiger partial charge in [-0.1, -0.05) is 54.2 Å². The molecule has 0 bridgehead atoms. The van der Waals surface area contributed by atoms with Crippen LogP contribution in [0.1, 0.15) is 20.3 Å². The first kappa shape index (κ1) is 25.4. The van der Waals surface area contributed by atoms with E-state index in [0.29, 0.717) is 6.54 Å². The summed E-state index contributed by atoms with van der Waals surface area (Å²) in [5, 5.41) is 1.02. The van der Waals surface area contributed by atoms with Gasteiger partial charge in [-0.05, 0) is 67.3 Å². The lowest BCUT2D eigenvalue weighted by molar-refractivity contribution is 0.0377. The number of hydrogen-bond acceptors (Lipinski definition) is 6. The van der Waals surface area contributed by atoms with Gasteiger partial charge in [-0.25, -0.2) is 8.42 Å². The Morgan fingerprint density at radius 1 is 1.03 bits per heavy atom. The fourth-order valence-corrected chi connectivity index (χ4v) is 6.46. The smallest absolute Gasteiger partial charge is 0.285 e. The molecule has 2 aliphatic heterocycles. The molecular weight excluding hydrogens is 504 g/mol. The molecule has 1 atom stereocenters. The average Bonchev–Trinajstić information content (AvgIpc) is 3.40. The zero-order valence-corrected chi connectivity index (χ0v) is 22.5. The molecule has 5 rings (SSSR count). The topological polar surface area (TPSA) is 76.5 Å². The molecule has 6 nitrogen and oxygen atoms in total. The van der Waals surface area contributed by atoms with Crippen LogP contribution < -0.4 is 9.80 Å². The van der Waals surface area contributed by atoms with E-state index in [4.69, 9.17) is 4.74 Å². The van der Waals surface area contributed by atoms with Crippen LogP contribution in [0.3, 0.4) is 0 Å². The van der Waals surface area contributed by atoms with Crippen molar-refractivity contribution in [2.24, 2.45) is 0 Å². The van der Waals surface area contributed by atoms with E-state index in [1.165, 1.54) is 11.1 Å². The van der Waals surface area contributed by atoms with Gasteiger partial charge < -0.3 is 14.2 Å². The number of nitrogens with zero attached hydrogens (tertiary/aromatic N) is 2. The molecule has 0 fully saturated rings. The van der Waals surface area contributed by atoms with Gasteiger partial charge in [0.05, 0.1) is 20.8 Å². The first-order valence-corrected chi connectivity index (χ1v) is 14.8. The molecule has 0 spiro atoms. The van der Waals surface area contributed by atoms with Gasteiger partial charge in [0, 0.05) is 35.9 Å². The molecule has 37 heavy (non-hydrogen) atoms. The second-order valence-electron chi connectivity index (χ2n) is 9.13. The number of fused-ring (bicyclic) bond motifs is 2. The number of benzene rings is 3. The fraction of sp³-hybridized carbons (Fsp3) is 0.241. The minimum absolute atomic E-state index is 0.101. The normalized spacial score (nSPS) is 18.2. The standard InChI is InChI=1S/C29H30N2O4S2/c1-3-30-25-20-23(22-10-5-4-6-11-22)14-15-26(25)35-28(30)18-21(2)19-29-31(16-9-17-37(32,33)34)24-12-7-8-13-27(24)36-29/h4-8,10-15,18-20,28H,3,9,16-17H2,1-2H3,(H,32,33,34)/b21-18+,29-19-. The van der Waals surface area contributed by atoms with Crippen LogP contribution in [0.2, 0.25) is 0 Å². The molecule has 0 saturated carbocycles. The van der Waals surface area contributed by atoms with Crippen LogP contribution in [-0.4, -0.2) is 42.8 Å². The highest BCUT2D eigenvalue weighted by molar-refractivity contribution is 8.03. The molecule has 2 aliphatic rings. The van der Waals surface area contributed by atoms with Crippen molar-refractivity contribution >= 4 is 33.3 Å². The van der Waals surface area contributed by atoms with E-state index in [0.717, 1.165) is 39.2 Å². The number of thioether (sulfide) groups is 1. The number of hydrogen-bond donors (Lipinski definition) is 0. The third-order valence-corrected chi connectivity index (χ3v) is 8.40. The second-order valence-corrected chi connectivity index (χ2v) is 11.7. The zero-order valence-electron chi connectivity index (χ0n) is 20.9. The second kappa shape index (κ2) is 10.7. The quantitative estimate of drug-likeness (QED) is 0.257. The summed E-state index contributed by atoms with van der Waals surface area (Å²) in [5.41, 5.74) is 5.60. The summed E-state index contributed by atoms with van der Waals surface area (Å²) in [6.45, 7) is 5.51. The minimum atomic E-state index is -4.24. The van der Waals surface area contributed by atoms with Crippen LogP contribution >= 0.6 is 11.8 Å². The van der Waals surface area contributed by atoms with E-state index in [1.54, 1.807) is 11.8 Å². The molecule has 0 aliphatic carbocycles. The average molecular weight is 535 g/mol. The fourth-order valence-electron chi connectivity index (χ4n) is 4.78. The monoisotopic (exact) mass is 534 g/mol. The third-order valence-electron chi connectivity index (χ3n) is 6.50. The Labute approximate surface area is 223 Å². The number of aromatic hydroxyl groups is 1. The predicted octanol–water partition coefficient (Wildman–Crippen LogP) is 6.10. The maximum absolute atomic E-state index is 11.1. The lowest BCUT2D eigenvalue weighted by Gasteiger charge is -2.21. The lowest BCUT2D eigenvalue weighted by atomic mass is 10.0. The lowest BCUT2D eigenvalue weighted by Crippen LogP contribution is -2.31. The summed E-state index contributed by atoms with van der Waals surface area (Å²) in [6.07, 6.45) is 4.47. The number of para-hydroxylation sites is 1. The van der Waals surface area contributed by atoms with Gasteiger partial charge in [0.1, 0.15) is 5.69 Å². The van der Waals surface area contributed by atoms with E-state index in [2.05, 4.69) is 84.3 Å². The molecule has 3 aromatic carbocycles. The van der Waals surface area contributed by atoms with Gasteiger partial charge in [-0.15, -0.1) is 0 Å². The highest BCUT2D eigenvalue weighted by Gasteiger charge is 2.34. The molecule has 0 radical (unpaired) electrons. The molecule has 192 valence electrons. The van der Waals surface area contributed by atoms with Crippen molar-refractivity contribution in [3.63, 3.8) is 0 Å². The maximum Gasteiger partial charge on any atom is 0.285 e. The Bertz CT molecular complexity index is 1450. The molecule has 0 amide bonds. The zero-order chi connectivity index (χ0) is 26.0. The molecule has 0 saturated heterocycles. The summed E-state index contributed by atoms with van der Waals surface area (Å²) in [6, 6.07) is 24.9. The Morgan fingerprint density at radius 2 is 1.78 bits per heavy atom. The SMILES string of the molecule is CCN1c2cc(-c3ccccc3)ccc2[OH+]C1/C=C(C)/C=C1\Sc2ccccc2N1CCCS(=O)(=O)[O-]. The Balaban J connectivity index is 1.38. The van der Waals surface area contributed by atoms with Crippen molar-refractivity contribution in [2.75, 3.05) is 28.6 Å². The number of aliphatic hydroxyl groups is 1. The van der Waals surface area contributed by atoms with E-state index < -0.39 is 10.1 Å². The van der Waals surface area contributed by atoms with Crippen molar-refractivity contribution in [3.8, 4) is 16.9 Å². The van der Waals surface area contributed by atoms with E-state index in [1.807, 2.05) is 24.3 Å². The van der Waals surface area contributed by atoms with Gasteiger partial charge in [-0.3, -0.25) is 4.90 Å². The van der Waals surface area contributed by atoms with Crippen molar-refractivity contribution in [2.45, 2.75) is 31.4 Å². The van der Waals surface area contributed by atoms with Crippen molar-refractivity contribution in [3.05, 3.63) is 95.6 Å². The highest BCUT2D eigenvalue weighted by Crippen LogP contribution is 2.46. The molecule has 1 N–H and O–H groups in total. The molecule has 0 aromatic heterocycles. The number of anilines is 2. The van der Waals surface area contributed by atoms with Gasteiger partial charge in [0.2, 0.25) is 0 Å². The van der Waals surface area contributed by atoms with Crippen molar-refractivity contribution in [1.82, 2.24) is 0 Å². The summed E-state index contributed by atoms with van der Waals surface area (Å²) in [5.74, 6) is 0.625. The van der Waals surface area contributed by atoms with Crippen LogP contribution in [0.15, 0.2) is 100 Å². The Morgan fingerprint density at radius 3 is 2.54 bits per heavy atom. The maximum atomic E-state index is 11.1. The van der Waals surface area contributed by atoms with Gasteiger partial charge >= 0.3 is 0 Å².